The second kappa shape index (κ2) is 11.2. The average molecular weight is 472 g/mol. The van der Waals surface area contributed by atoms with Gasteiger partial charge in [-0.05, 0) is 48.0 Å². The van der Waals surface area contributed by atoms with E-state index in [0.29, 0.717) is 35.8 Å². The molecule has 0 atom stereocenters. The van der Waals surface area contributed by atoms with Gasteiger partial charge in [0.05, 0.1) is 19.8 Å². The molecule has 1 N–H and O–H groups in total. The standard InChI is InChI=1S/C28H29N3O4/c1-34-24-13-14-25(26(20-24)35-2)28(33)29-22-9-11-23(12-10-22)30-16-18-31(19-17-30)27(32)15-8-21-6-4-3-5-7-21/h3-15,20H,16-19H2,1-2H3,(H,29,33). The molecule has 0 spiro atoms. The maximum Gasteiger partial charge on any atom is 0.259 e. The minimum atomic E-state index is -0.257. The number of methoxy groups -OCH3 is 2. The number of anilines is 2. The molecule has 3 aromatic rings. The summed E-state index contributed by atoms with van der Waals surface area (Å²) in [7, 11) is 3.09. The van der Waals surface area contributed by atoms with Gasteiger partial charge in [0.15, 0.2) is 0 Å². The summed E-state index contributed by atoms with van der Waals surface area (Å²) in [6.07, 6.45) is 3.49. The minimum absolute atomic E-state index is 0.0283. The van der Waals surface area contributed by atoms with E-state index in [4.69, 9.17) is 9.47 Å². The van der Waals surface area contributed by atoms with Crippen LogP contribution in [0, 0.1) is 0 Å². The van der Waals surface area contributed by atoms with Gasteiger partial charge in [0.1, 0.15) is 11.5 Å². The van der Waals surface area contributed by atoms with Crippen molar-refractivity contribution >= 4 is 29.3 Å². The molecule has 1 aliphatic heterocycles. The van der Waals surface area contributed by atoms with Gasteiger partial charge in [0.2, 0.25) is 5.91 Å². The van der Waals surface area contributed by atoms with E-state index in [1.807, 2.05) is 65.6 Å². The highest BCUT2D eigenvalue weighted by Crippen LogP contribution is 2.26. The Morgan fingerprint density at radius 1 is 0.857 bits per heavy atom. The van der Waals surface area contributed by atoms with Crippen LogP contribution < -0.4 is 19.7 Å². The highest BCUT2D eigenvalue weighted by Gasteiger charge is 2.20. The maximum absolute atomic E-state index is 12.7. The normalized spacial score (nSPS) is 13.5. The number of nitrogens with zero attached hydrogens (tertiary/aromatic N) is 2. The summed E-state index contributed by atoms with van der Waals surface area (Å²) >= 11 is 0. The van der Waals surface area contributed by atoms with E-state index in [2.05, 4.69) is 10.2 Å². The van der Waals surface area contributed by atoms with E-state index in [-0.39, 0.29) is 11.8 Å². The van der Waals surface area contributed by atoms with Gasteiger partial charge in [-0.1, -0.05) is 30.3 Å². The Morgan fingerprint density at radius 3 is 2.23 bits per heavy atom. The molecule has 2 amide bonds. The molecule has 7 heteroatoms. The minimum Gasteiger partial charge on any atom is -0.497 e. The van der Waals surface area contributed by atoms with Gasteiger partial charge in [0.25, 0.3) is 5.91 Å². The van der Waals surface area contributed by atoms with Crippen LogP contribution in [-0.2, 0) is 4.79 Å². The molecule has 1 fully saturated rings. The average Bonchev–Trinajstić information content (AvgIpc) is 2.92. The molecular weight excluding hydrogens is 442 g/mol. The van der Waals surface area contributed by atoms with E-state index in [1.165, 1.54) is 7.11 Å². The Bertz CT molecular complexity index is 1180. The molecule has 3 aromatic carbocycles. The number of hydrogen-bond acceptors (Lipinski definition) is 5. The van der Waals surface area contributed by atoms with Crippen LogP contribution in [0.2, 0.25) is 0 Å². The molecule has 0 aliphatic carbocycles. The molecule has 0 saturated carbocycles. The van der Waals surface area contributed by atoms with Crippen LogP contribution in [0.3, 0.4) is 0 Å². The fourth-order valence-electron chi connectivity index (χ4n) is 3.96. The predicted molar refractivity (Wildman–Crippen MR) is 138 cm³/mol. The van der Waals surface area contributed by atoms with Gasteiger partial charge >= 0.3 is 0 Å². The fourth-order valence-corrected chi connectivity index (χ4v) is 3.96. The van der Waals surface area contributed by atoms with Crippen LogP contribution >= 0.6 is 0 Å². The lowest BCUT2D eigenvalue weighted by molar-refractivity contribution is -0.126. The van der Waals surface area contributed by atoms with Gasteiger partial charge in [-0.2, -0.15) is 0 Å². The van der Waals surface area contributed by atoms with Crippen LogP contribution in [-0.4, -0.2) is 57.1 Å². The van der Waals surface area contributed by atoms with Crippen molar-refractivity contribution in [3.63, 3.8) is 0 Å². The van der Waals surface area contributed by atoms with Gasteiger partial charge in [-0.3, -0.25) is 9.59 Å². The summed E-state index contributed by atoms with van der Waals surface area (Å²) in [5.41, 5.74) is 3.19. The molecule has 1 heterocycles. The van der Waals surface area contributed by atoms with E-state index in [9.17, 15) is 9.59 Å². The van der Waals surface area contributed by atoms with Gasteiger partial charge in [-0.25, -0.2) is 0 Å². The van der Waals surface area contributed by atoms with Crippen molar-refractivity contribution in [3.8, 4) is 11.5 Å². The molecule has 4 rings (SSSR count). The second-order valence-electron chi connectivity index (χ2n) is 8.12. The third-order valence-electron chi connectivity index (χ3n) is 5.95. The van der Waals surface area contributed by atoms with Crippen molar-refractivity contribution in [1.29, 1.82) is 0 Å². The summed E-state index contributed by atoms with van der Waals surface area (Å²) in [6, 6.07) is 22.6. The lowest BCUT2D eigenvalue weighted by atomic mass is 10.1. The third-order valence-corrected chi connectivity index (χ3v) is 5.95. The smallest absolute Gasteiger partial charge is 0.259 e. The lowest BCUT2D eigenvalue weighted by Crippen LogP contribution is -2.48. The molecule has 0 radical (unpaired) electrons. The van der Waals surface area contributed by atoms with E-state index in [1.54, 1.807) is 31.4 Å². The molecule has 35 heavy (non-hydrogen) atoms. The van der Waals surface area contributed by atoms with E-state index >= 15 is 0 Å². The highest BCUT2D eigenvalue weighted by atomic mass is 16.5. The number of ether oxygens (including phenoxy) is 2. The number of carbonyl (C=O) groups excluding carboxylic acids is 2. The van der Waals surface area contributed by atoms with Crippen molar-refractivity contribution in [2.75, 3.05) is 50.6 Å². The summed E-state index contributed by atoms with van der Waals surface area (Å²) in [5, 5.41) is 2.91. The first-order chi connectivity index (χ1) is 17.1. The number of nitrogens with one attached hydrogen (secondary N) is 1. The van der Waals surface area contributed by atoms with Crippen LogP contribution in [0.15, 0.2) is 78.9 Å². The van der Waals surface area contributed by atoms with Crippen molar-refractivity contribution in [1.82, 2.24) is 4.90 Å². The van der Waals surface area contributed by atoms with Crippen LogP contribution in [0.4, 0.5) is 11.4 Å². The second-order valence-corrected chi connectivity index (χ2v) is 8.12. The molecular formula is C28H29N3O4. The van der Waals surface area contributed by atoms with Crippen molar-refractivity contribution in [2.45, 2.75) is 0 Å². The lowest BCUT2D eigenvalue weighted by Gasteiger charge is -2.35. The quantitative estimate of drug-likeness (QED) is 0.520. The van der Waals surface area contributed by atoms with Crippen LogP contribution in [0.1, 0.15) is 15.9 Å². The zero-order chi connectivity index (χ0) is 24.6. The largest absolute Gasteiger partial charge is 0.497 e. The first kappa shape index (κ1) is 23.9. The molecule has 180 valence electrons. The van der Waals surface area contributed by atoms with Gasteiger partial charge < -0.3 is 24.6 Å². The van der Waals surface area contributed by atoms with E-state index in [0.717, 1.165) is 24.3 Å². The monoisotopic (exact) mass is 471 g/mol. The number of rotatable bonds is 7. The summed E-state index contributed by atoms with van der Waals surface area (Å²) in [6.45, 7) is 2.82. The molecule has 0 unspecified atom stereocenters. The molecule has 1 saturated heterocycles. The van der Waals surface area contributed by atoms with Crippen molar-refractivity contribution in [3.05, 3.63) is 90.0 Å². The fraction of sp³-hybridized carbons (Fsp3) is 0.214. The highest BCUT2D eigenvalue weighted by molar-refractivity contribution is 6.06. The molecule has 0 aromatic heterocycles. The Balaban J connectivity index is 1.31. The van der Waals surface area contributed by atoms with Crippen LogP contribution in [0.25, 0.3) is 6.08 Å². The number of hydrogen-bond donors (Lipinski definition) is 1. The van der Waals surface area contributed by atoms with Crippen molar-refractivity contribution < 1.29 is 19.1 Å². The molecule has 7 nitrogen and oxygen atoms in total. The first-order valence-corrected chi connectivity index (χ1v) is 11.5. The van der Waals surface area contributed by atoms with Gasteiger partial charge in [0, 0.05) is 49.7 Å². The third kappa shape index (κ3) is 6.00. The number of carbonyl (C=O) groups is 2. The van der Waals surface area contributed by atoms with Crippen molar-refractivity contribution in [2.24, 2.45) is 0 Å². The summed E-state index contributed by atoms with van der Waals surface area (Å²) in [4.78, 5) is 29.4. The predicted octanol–water partition coefficient (Wildman–Crippen LogP) is 4.32. The Kier molecular flexibility index (Phi) is 7.67. The summed E-state index contributed by atoms with van der Waals surface area (Å²) < 4.78 is 10.5. The zero-order valence-electron chi connectivity index (χ0n) is 19.9. The Hall–Kier alpha value is -4.26. The topological polar surface area (TPSA) is 71.1 Å². The van der Waals surface area contributed by atoms with E-state index < -0.39 is 0 Å². The SMILES string of the molecule is COc1ccc(C(=O)Nc2ccc(N3CCN(C(=O)C=Cc4ccccc4)CC3)cc2)c(OC)c1. The van der Waals surface area contributed by atoms with Crippen LogP contribution in [0.5, 0.6) is 11.5 Å². The number of piperazine rings is 1. The molecule has 1 aliphatic rings. The Labute approximate surface area is 205 Å². The Morgan fingerprint density at radius 2 is 1.57 bits per heavy atom. The zero-order valence-corrected chi connectivity index (χ0v) is 19.9. The number of benzene rings is 3. The number of amides is 2. The van der Waals surface area contributed by atoms with Gasteiger partial charge in [-0.15, -0.1) is 0 Å². The first-order valence-electron chi connectivity index (χ1n) is 11.5. The molecule has 0 bridgehead atoms. The summed E-state index contributed by atoms with van der Waals surface area (Å²) in [5.74, 6) is 0.842. The maximum atomic E-state index is 12.7.